The molecule has 0 amide bonds. The normalized spacial score (nSPS) is 13.1. The Morgan fingerprint density at radius 1 is 0.344 bits per heavy atom. The molecule has 0 aromatic heterocycles. The highest BCUT2D eigenvalue weighted by Gasteiger charge is 2.33. The maximum Gasteiger partial charge on any atom is 0.195 e. The summed E-state index contributed by atoms with van der Waals surface area (Å²) in [4.78, 5) is 14.0. The molecule has 0 saturated carbocycles. The quantitative estimate of drug-likeness (QED) is 0.252. The van der Waals surface area contributed by atoms with Crippen molar-refractivity contribution in [1.82, 2.24) is 0 Å². The zero-order valence-electron chi connectivity index (χ0n) is 17.0. The highest BCUT2D eigenvalue weighted by atomic mass is 16.1. The van der Waals surface area contributed by atoms with Gasteiger partial charge in [-0.15, -0.1) is 0 Å². The minimum absolute atomic E-state index is 0.182. The monoisotopic (exact) mass is 402 g/mol. The van der Waals surface area contributed by atoms with Crippen LogP contribution in [0.5, 0.6) is 0 Å². The van der Waals surface area contributed by atoms with Crippen LogP contribution in [0.25, 0.3) is 86.9 Å². The van der Waals surface area contributed by atoms with Gasteiger partial charge >= 0.3 is 0 Å². The number of fused-ring (bicyclic) bond motifs is 7. The predicted molar refractivity (Wildman–Crippen MR) is 136 cm³/mol. The fraction of sp³-hybridized carbons (Fsp3) is 0. The zero-order chi connectivity index (χ0) is 20.7. The van der Waals surface area contributed by atoms with Crippen molar-refractivity contribution in [2.45, 2.75) is 0 Å². The van der Waals surface area contributed by atoms with Gasteiger partial charge in [-0.3, -0.25) is 4.79 Å². The molecule has 9 rings (SSSR count). The lowest BCUT2D eigenvalue weighted by atomic mass is 9.97. The van der Waals surface area contributed by atoms with Crippen LogP contribution in [0.4, 0.5) is 0 Å². The van der Waals surface area contributed by atoms with Gasteiger partial charge in [0.25, 0.3) is 0 Å². The lowest BCUT2D eigenvalue weighted by molar-refractivity contribution is 1.77. The Balaban J connectivity index is 1.65. The second kappa shape index (κ2) is 4.81. The molecule has 32 heavy (non-hydrogen) atoms. The zero-order valence-corrected chi connectivity index (χ0v) is 17.0. The van der Waals surface area contributed by atoms with Crippen LogP contribution >= 0.6 is 0 Å². The van der Waals surface area contributed by atoms with Crippen LogP contribution in [0.2, 0.25) is 0 Å². The summed E-state index contributed by atoms with van der Waals surface area (Å²) in [7, 11) is 0. The summed E-state index contributed by atoms with van der Waals surface area (Å²) in [5.74, 6) is 0. The Hall–Kier alpha value is -4.23. The molecule has 0 unspecified atom stereocenters. The second-order valence-electron chi connectivity index (χ2n) is 9.19. The molecule has 1 nitrogen and oxygen atoms in total. The molecule has 0 aliphatic heterocycles. The summed E-state index contributed by atoms with van der Waals surface area (Å²) >= 11 is 0. The van der Waals surface area contributed by atoms with Crippen molar-refractivity contribution >= 4 is 64.6 Å². The highest BCUT2D eigenvalue weighted by molar-refractivity contribution is 6.39. The lowest BCUT2D eigenvalue weighted by Crippen LogP contribution is -1.97. The molecule has 144 valence electrons. The smallest absolute Gasteiger partial charge is 0.195 e. The van der Waals surface area contributed by atoms with E-state index in [9.17, 15) is 4.79 Å². The third-order valence-corrected chi connectivity index (χ3v) is 7.83. The lowest BCUT2D eigenvalue weighted by Gasteiger charge is -2.06. The summed E-state index contributed by atoms with van der Waals surface area (Å²) in [6.45, 7) is 0. The van der Waals surface area contributed by atoms with Crippen molar-refractivity contribution in [3.05, 3.63) is 95.2 Å². The third kappa shape index (κ3) is 1.47. The van der Waals surface area contributed by atoms with Crippen molar-refractivity contribution in [2.24, 2.45) is 0 Å². The standard InChI is InChI=1S/C31H14O/c32-31-29-21-13-9-17-5-1-3-15-7-11-19(25(21)23(15)17)27(29)28-20-12-8-16-4-2-6-18-10-14-22(30(28)31)26(20)24(16)18/h1-14H. The Morgan fingerprint density at radius 2 is 0.688 bits per heavy atom. The maximum absolute atomic E-state index is 14.0. The van der Waals surface area contributed by atoms with Crippen LogP contribution in [0.3, 0.4) is 0 Å². The Morgan fingerprint density at radius 3 is 1.06 bits per heavy atom. The minimum atomic E-state index is 0.182. The van der Waals surface area contributed by atoms with E-state index >= 15 is 0 Å². The fourth-order valence-corrected chi connectivity index (χ4v) is 6.65. The van der Waals surface area contributed by atoms with Gasteiger partial charge in [-0.05, 0) is 64.6 Å². The van der Waals surface area contributed by atoms with Gasteiger partial charge in [-0.25, -0.2) is 0 Å². The highest BCUT2D eigenvalue weighted by Crippen LogP contribution is 2.55. The summed E-state index contributed by atoms with van der Waals surface area (Å²) in [5.41, 5.74) is 4.26. The Bertz CT molecular complexity index is 1960. The van der Waals surface area contributed by atoms with Gasteiger partial charge in [0.2, 0.25) is 0 Å². The van der Waals surface area contributed by atoms with E-state index in [1.54, 1.807) is 0 Å². The molecule has 0 heterocycles. The average Bonchev–Trinajstić information content (AvgIpc) is 3.44. The summed E-state index contributed by atoms with van der Waals surface area (Å²) in [6, 6.07) is 30.4. The first-order valence-corrected chi connectivity index (χ1v) is 11.1. The topological polar surface area (TPSA) is 17.1 Å². The maximum atomic E-state index is 14.0. The first-order valence-electron chi connectivity index (χ1n) is 11.1. The van der Waals surface area contributed by atoms with Crippen LogP contribution in [-0.2, 0) is 0 Å². The molecule has 1 heteroatoms. The minimum Gasteiger partial charge on any atom is -0.289 e. The van der Waals surface area contributed by atoms with E-state index in [0.717, 1.165) is 33.0 Å². The molecular formula is C31H14O. The number of rotatable bonds is 0. The summed E-state index contributed by atoms with van der Waals surface area (Å²) in [5, 5.41) is 14.6. The van der Waals surface area contributed by atoms with E-state index < -0.39 is 0 Å². The van der Waals surface area contributed by atoms with Crippen molar-refractivity contribution in [1.29, 1.82) is 0 Å². The number of hydrogen-bond acceptors (Lipinski definition) is 1. The van der Waals surface area contributed by atoms with E-state index in [2.05, 4.69) is 84.9 Å². The third-order valence-electron chi connectivity index (χ3n) is 7.83. The van der Waals surface area contributed by atoms with E-state index in [-0.39, 0.29) is 5.43 Å². The van der Waals surface area contributed by atoms with Crippen LogP contribution in [0.15, 0.2) is 89.7 Å². The summed E-state index contributed by atoms with van der Waals surface area (Å²) < 4.78 is 0. The van der Waals surface area contributed by atoms with Crippen LogP contribution in [0.1, 0.15) is 0 Å². The van der Waals surface area contributed by atoms with Gasteiger partial charge in [0.15, 0.2) is 5.43 Å². The van der Waals surface area contributed by atoms with Gasteiger partial charge < -0.3 is 0 Å². The molecule has 0 bridgehead atoms. The van der Waals surface area contributed by atoms with Crippen molar-refractivity contribution < 1.29 is 0 Å². The van der Waals surface area contributed by atoms with Gasteiger partial charge in [-0.1, -0.05) is 84.9 Å². The molecule has 6 aromatic carbocycles. The molecule has 0 spiro atoms. The molecular weight excluding hydrogens is 388 g/mol. The molecule has 0 radical (unpaired) electrons. The summed E-state index contributed by atoms with van der Waals surface area (Å²) in [6.07, 6.45) is 0. The van der Waals surface area contributed by atoms with Crippen molar-refractivity contribution in [3.63, 3.8) is 0 Å². The van der Waals surface area contributed by atoms with Gasteiger partial charge in [-0.2, -0.15) is 0 Å². The molecule has 0 fully saturated rings. The number of hydrogen-bond donors (Lipinski definition) is 0. The SMILES string of the molecule is O=c1c2c3ccc4cccc5ccc(c-2c2c6ccc7cccc8ccc(c1-2)c6c78)c3c54. The molecule has 0 N–H and O–H groups in total. The second-order valence-corrected chi connectivity index (χ2v) is 9.19. The van der Waals surface area contributed by atoms with Crippen LogP contribution in [-0.4, -0.2) is 0 Å². The Kier molecular flexibility index (Phi) is 2.34. The van der Waals surface area contributed by atoms with Crippen molar-refractivity contribution in [3.8, 4) is 22.3 Å². The average molecular weight is 402 g/mol. The molecule has 0 atom stereocenters. The van der Waals surface area contributed by atoms with Crippen LogP contribution in [0, 0.1) is 0 Å². The Labute approximate surface area is 182 Å². The fourth-order valence-electron chi connectivity index (χ4n) is 6.65. The van der Waals surface area contributed by atoms with Gasteiger partial charge in [0.05, 0.1) is 0 Å². The van der Waals surface area contributed by atoms with Crippen LogP contribution < -0.4 is 5.43 Å². The van der Waals surface area contributed by atoms with E-state index in [4.69, 9.17) is 0 Å². The first kappa shape index (κ1) is 15.6. The van der Waals surface area contributed by atoms with Gasteiger partial charge in [0.1, 0.15) is 0 Å². The predicted octanol–water partition coefficient (Wildman–Crippen LogP) is 7.93. The number of benzene rings is 6. The van der Waals surface area contributed by atoms with E-state index in [1.165, 1.54) is 53.9 Å². The molecule has 3 aliphatic carbocycles. The largest absolute Gasteiger partial charge is 0.289 e. The first-order chi connectivity index (χ1) is 15.8. The van der Waals surface area contributed by atoms with E-state index in [1.807, 2.05) is 0 Å². The van der Waals surface area contributed by atoms with E-state index in [0.29, 0.717) is 0 Å². The van der Waals surface area contributed by atoms with Crippen molar-refractivity contribution in [2.75, 3.05) is 0 Å². The molecule has 3 aliphatic rings. The van der Waals surface area contributed by atoms with Gasteiger partial charge in [0, 0.05) is 22.3 Å². The molecule has 6 aromatic rings. The molecule has 0 saturated heterocycles.